The standard InChI is InChI=1S/C17H17ClN4O3S/c1-11-6-15(21-25-11)20-16(24)10-26-17-19-7-14(9-23)22(17)8-12-2-4-13(18)5-3-12/h2-7,23H,8-10H2,1H3,(H,20,21,24). The molecule has 0 saturated carbocycles. The quantitative estimate of drug-likeness (QED) is 0.600. The molecular formula is C17H17ClN4O3S. The van der Waals surface area contributed by atoms with E-state index in [1.807, 2.05) is 28.8 Å². The Balaban J connectivity index is 1.66. The molecule has 0 aliphatic heterocycles. The van der Waals surface area contributed by atoms with Crippen molar-refractivity contribution in [2.24, 2.45) is 0 Å². The van der Waals surface area contributed by atoms with Crippen LogP contribution < -0.4 is 5.32 Å². The van der Waals surface area contributed by atoms with Gasteiger partial charge >= 0.3 is 0 Å². The highest BCUT2D eigenvalue weighted by molar-refractivity contribution is 7.99. The largest absolute Gasteiger partial charge is 0.390 e. The monoisotopic (exact) mass is 392 g/mol. The van der Waals surface area contributed by atoms with Crippen LogP contribution in [0.3, 0.4) is 0 Å². The Morgan fingerprint density at radius 3 is 2.81 bits per heavy atom. The number of aryl methyl sites for hydroxylation is 1. The fourth-order valence-corrected chi connectivity index (χ4v) is 3.23. The van der Waals surface area contributed by atoms with E-state index < -0.39 is 0 Å². The fourth-order valence-electron chi connectivity index (χ4n) is 2.31. The van der Waals surface area contributed by atoms with Gasteiger partial charge < -0.3 is 19.5 Å². The molecule has 3 aromatic rings. The van der Waals surface area contributed by atoms with E-state index in [2.05, 4.69) is 15.5 Å². The second-order valence-corrected chi connectivity index (χ2v) is 6.94. The van der Waals surface area contributed by atoms with Crippen molar-refractivity contribution in [3.8, 4) is 0 Å². The number of nitrogens with zero attached hydrogens (tertiary/aromatic N) is 3. The number of benzene rings is 1. The molecule has 26 heavy (non-hydrogen) atoms. The summed E-state index contributed by atoms with van der Waals surface area (Å²) in [6, 6.07) is 9.10. The van der Waals surface area contributed by atoms with Crippen molar-refractivity contribution < 1.29 is 14.4 Å². The lowest BCUT2D eigenvalue weighted by Gasteiger charge is -2.11. The molecule has 0 fully saturated rings. The second kappa shape index (κ2) is 8.39. The smallest absolute Gasteiger partial charge is 0.236 e. The molecule has 1 aromatic carbocycles. The minimum absolute atomic E-state index is 0.133. The maximum absolute atomic E-state index is 12.1. The van der Waals surface area contributed by atoms with Gasteiger partial charge in [0.05, 0.1) is 24.3 Å². The summed E-state index contributed by atoms with van der Waals surface area (Å²) < 4.78 is 6.79. The van der Waals surface area contributed by atoms with Crippen molar-refractivity contribution in [1.29, 1.82) is 0 Å². The number of imidazole rings is 1. The molecule has 2 aromatic heterocycles. The Hall–Kier alpha value is -2.29. The number of rotatable bonds is 7. The van der Waals surface area contributed by atoms with E-state index in [9.17, 15) is 9.90 Å². The van der Waals surface area contributed by atoms with Gasteiger partial charge in [-0.15, -0.1) is 0 Å². The highest BCUT2D eigenvalue weighted by Gasteiger charge is 2.13. The van der Waals surface area contributed by atoms with E-state index in [1.54, 1.807) is 19.2 Å². The number of nitrogens with one attached hydrogen (secondary N) is 1. The summed E-state index contributed by atoms with van der Waals surface area (Å²) in [6.45, 7) is 2.15. The maximum atomic E-state index is 12.1. The minimum atomic E-state index is -0.213. The number of hydrogen-bond acceptors (Lipinski definition) is 6. The first-order valence-electron chi connectivity index (χ1n) is 7.81. The third-order valence-corrected chi connectivity index (χ3v) is 4.79. The lowest BCUT2D eigenvalue weighted by molar-refractivity contribution is -0.113. The molecule has 1 amide bonds. The number of carbonyl (C=O) groups is 1. The molecular weight excluding hydrogens is 376 g/mol. The molecule has 0 aliphatic carbocycles. The number of hydrogen-bond donors (Lipinski definition) is 2. The molecule has 2 heterocycles. The second-order valence-electron chi connectivity index (χ2n) is 5.56. The van der Waals surface area contributed by atoms with Crippen molar-refractivity contribution in [1.82, 2.24) is 14.7 Å². The van der Waals surface area contributed by atoms with Gasteiger partial charge in [0, 0.05) is 17.6 Å². The van der Waals surface area contributed by atoms with Gasteiger partial charge in [0.15, 0.2) is 11.0 Å². The summed E-state index contributed by atoms with van der Waals surface area (Å²) in [5, 5.41) is 17.2. The number of halogens is 1. The van der Waals surface area contributed by atoms with Gasteiger partial charge in [0.25, 0.3) is 0 Å². The fraction of sp³-hybridized carbons (Fsp3) is 0.235. The number of anilines is 1. The average molecular weight is 393 g/mol. The molecule has 0 spiro atoms. The van der Waals surface area contributed by atoms with E-state index in [-0.39, 0.29) is 18.3 Å². The highest BCUT2D eigenvalue weighted by atomic mass is 35.5. The Morgan fingerprint density at radius 1 is 1.38 bits per heavy atom. The minimum Gasteiger partial charge on any atom is -0.390 e. The Bertz CT molecular complexity index is 892. The van der Waals surface area contributed by atoms with E-state index in [0.29, 0.717) is 34.0 Å². The number of amides is 1. The van der Waals surface area contributed by atoms with Crippen molar-refractivity contribution in [3.63, 3.8) is 0 Å². The predicted molar refractivity (Wildman–Crippen MR) is 99.3 cm³/mol. The molecule has 9 heteroatoms. The van der Waals surface area contributed by atoms with Crippen LogP contribution >= 0.6 is 23.4 Å². The van der Waals surface area contributed by atoms with Crippen LogP contribution in [0.4, 0.5) is 5.82 Å². The highest BCUT2D eigenvalue weighted by Crippen LogP contribution is 2.21. The van der Waals surface area contributed by atoms with Crippen LogP contribution in [0.2, 0.25) is 5.02 Å². The van der Waals surface area contributed by atoms with Gasteiger partial charge in [-0.05, 0) is 24.6 Å². The van der Waals surface area contributed by atoms with Crippen LogP contribution in [0.25, 0.3) is 0 Å². The number of aliphatic hydroxyl groups is 1. The Kier molecular flexibility index (Phi) is 5.97. The molecule has 0 aliphatic rings. The molecule has 0 saturated heterocycles. The molecule has 7 nitrogen and oxygen atoms in total. The number of aromatic nitrogens is 3. The molecule has 0 atom stereocenters. The first kappa shape index (κ1) is 18.5. The summed E-state index contributed by atoms with van der Waals surface area (Å²) in [5.74, 6) is 0.955. The lowest BCUT2D eigenvalue weighted by Crippen LogP contribution is -2.15. The Morgan fingerprint density at radius 2 is 2.15 bits per heavy atom. The average Bonchev–Trinajstić information content (AvgIpc) is 3.21. The Labute approximate surface area is 159 Å². The van der Waals surface area contributed by atoms with E-state index >= 15 is 0 Å². The summed E-state index contributed by atoms with van der Waals surface area (Å²) in [4.78, 5) is 16.4. The van der Waals surface area contributed by atoms with Crippen molar-refractivity contribution in [3.05, 3.63) is 58.6 Å². The third-order valence-electron chi connectivity index (χ3n) is 3.55. The molecule has 0 bridgehead atoms. The van der Waals surface area contributed by atoms with Crippen LogP contribution in [0.5, 0.6) is 0 Å². The van der Waals surface area contributed by atoms with Gasteiger partial charge in [-0.25, -0.2) is 4.98 Å². The number of carbonyl (C=O) groups excluding carboxylic acids is 1. The van der Waals surface area contributed by atoms with Gasteiger partial charge in [0.1, 0.15) is 5.76 Å². The number of thioether (sulfide) groups is 1. The molecule has 2 N–H and O–H groups in total. The van der Waals surface area contributed by atoms with Crippen LogP contribution in [0.15, 0.2) is 46.2 Å². The lowest BCUT2D eigenvalue weighted by atomic mass is 10.2. The third kappa shape index (κ3) is 4.66. The first-order chi connectivity index (χ1) is 12.5. The van der Waals surface area contributed by atoms with E-state index in [4.69, 9.17) is 16.1 Å². The summed E-state index contributed by atoms with van der Waals surface area (Å²) in [6.07, 6.45) is 1.61. The van der Waals surface area contributed by atoms with Crippen molar-refractivity contribution >= 4 is 35.1 Å². The zero-order chi connectivity index (χ0) is 18.5. The zero-order valence-electron chi connectivity index (χ0n) is 14.0. The topological polar surface area (TPSA) is 93.2 Å². The van der Waals surface area contributed by atoms with Gasteiger partial charge in [-0.1, -0.05) is 40.7 Å². The van der Waals surface area contributed by atoms with Crippen LogP contribution in [0, 0.1) is 6.92 Å². The van der Waals surface area contributed by atoms with Gasteiger partial charge in [-0.3, -0.25) is 4.79 Å². The van der Waals surface area contributed by atoms with Crippen LogP contribution in [-0.2, 0) is 17.9 Å². The van der Waals surface area contributed by atoms with Crippen molar-refractivity contribution in [2.45, 2.75) is 25.2 Å². The SMILES string of the molecule is Cc1cc(NC(=O)CSc2ncc(CO)n2Cc2ccc(Cl)cc2)no1. The first-order valence-corrected chi connectivity index (χ1v) is 9.17. The molecule has 0 radical (unpaired) electrons. The van der Waals surface area contributed by atoms with Crippen molar-refractivity contribution in [2.75, 3.05) is 11.1 Å². The van der Waals surface area contributed by atoms with Gasteiger partial charge in [-0.2, -0.15) is 0 Å². The molecule has 136 valence electrons. The summed E-state index contributed by atoms with van der Waals surface area (Å²) in [5.41, 5.74) is 1.70. The summed E-state index contributed by atoms with van der Waals surface area (Å²) >= 11 is 7.20. The van der Waals surface area contributed by atoms with E-state index in [0.717, 1.165) is 5.56 Å². The molecule has 0 unspecified atom stereocenters. The van der Waals surface area contributed by atoms with E-state index in [1.165, 1.54) is 11.8 Å². The van der Waals surface area contributed by atoms with Gasteiger partial charge in [0.2, 0.25) is 5.91 Å². The maximum Gasteiger partial charge on any atom is 0.236 e. The molecule has 3 rings (SSSR count). The van der Waals surface area contributed by atoms with Crippen LogP contribution in [-0.4, -0.2) is 31.5 Å². The predicted octanol–water partition coefficient (Wildman–Crippen LogP) is 3.10. The number of aliphatic hydroxyl groups excluding tert-OH is 1. The normalized spacial score (nSPS) is 10.9. The zero-order valence-corrected chi connectivity index (χ0v) is 15.5. The summed E-state index contributed by atoms with van der Waals surface area (Å²) in [7, 11) is 0. The van der Waals surface area contributed by atoms with Crippen LogP contribution in [0.1, 0.15) is 17.0 Å².